The summed E-state index contributed by atoms with van der Waals surface area (Å²) in [4.78, 5) is 0. The minimum atomic E-state index is -5.07. The fourth-order valence-electron chi connectivity index (χ4n) is 0.223. The van der Waals surface area contributed by atoms with E-state index in [0.717, 1.165) is 0 Å². The minimum Gasteiger partial charge on any atom is -1.00 e. The first kappa shape index (κ1) is 14.2. The van der Waals surface area contributed by atoms with E-state index in [1.54, 1.807) is 0 Å². The Morgan fingerprint density at radius 1 is 1.36 bits per heavy atom. The number of hydrogen-bond acceptors (Lipinski definition) is 3. The molecule has 0 saturated carbocycles. The standard InChI is InChI=1S/C2H2F4O3S.Na.H/c3-2(4,5)1-10(7,8)9-6;;/h1H2;;/q;+1;-1. The van der Waals surface area contributed by atoms with Gasteiger partial charge in [0.2, 0.25) is 0 Å². The van der Waals surface area contributed by atoms with Gasteiger partial charge in [0.05, 0.1) is 0 Å². The van der Waals surface area contributed by atoms with Gasteiger partial charge in [-0.3, -0.25) is 0 Å². The van der Waals surface area contributed by atoms with Crippen molar-refractivity contribution in [1.82, 2.24) is 0 Å². The molecule has 0 amide bonds. The first-order valence-electron chi connectivity index (χ1n) is 1.86. The van der Waals surface area contributed by atoms with Crippen molar-refractivity contribution in [3.05, 3.63) is 0 Å². The molecule has 0 aliphatic carbocycles. The van der Waals surface area contributed by atoms with E-state index >= 15 is 0 Å². The van der Waals surface area contributed by atoms with Crippen LogP contribution in [0.15, 0.2) is 0 Å². The van der Waals surface area contributed by atoms with Gasteiger partial charge < -0.3 is 1.43 Å². The van der Waals surface area contributed by atoms with Crippen molar-refractivity contribution < 1.29 is 61.5 Å². The van der Waals surface area contributed by atoms with Gasteiger partial charge in [-0.25, -0.2) is 0 Å². The van der Waals surface area contributed by atoms with Gasteiger partial charge in [-0.05, 0) is 4.53 Å². The van der Waals surface area contributed by atoms with Gasteiger partial charge in [0, 0.05) is 0 Å². The molecular formula is C2H3F4NaO3S. The number of halogens is 4. The van der Waals surface area contributed by atoms with Gasteiger partial charge in [0.25, 0.3) is 0 Å². The van der Waals surface area contributed by atoms with Crippen molar-refractivity contribution in [1.29, 1.82) is 0 Å². The van der Waals surface area contributed by atoms with Crippen molar-refractivity contribution in [2.45, 2.75) is 6.18 Å². The maximum atomic E-state index is 11.1. The third kappa shape index (κ3) is 8.54. The molecule has 0 aromatic carbocycles. The van der Waals surface area contributed by atoms with Gasteiger partial charge in [-0.1, -0.05) is 4.39 Å². The van der Waals surface area contributed by atoms with Crippen LogP contribution >= 0.6 is 0 Å². The summed E-state index contributed by atoms with van der Waals surface area (Å²) in [6.07, 6.45) is -4.97. The van der Waals surface area contributed by atoms with Crippen LogP contribution in [0, 0.1) is 0 Å². The van der Waals surface area contributed by atoms with E-state index in [1.807, 2.05) is 0 Å². The van der Waals surface area contributed by atoms with E-state index in [4.69, 9.17) is 0 Å². The summed E-state index contributed by atoms with van der Waals surface area (Å²) < 4.78 is 65.5. The van der Waals surface area contributed by atoms with Crippen molar-refractivity contribution in [2.75, 3.05) is 5.75 Å². The SMILES string of the molecule is O=S(=O)(CC(F)(F)F)OF.[H-].[Na+]. The third-order valence-electron chi connectivity index (χ3n) is 0.436. The van der Waals surface area contributed by atoms with Crippen LogP contribution in [0.2, 0.25) is 0 Å². The number of hydrogen-bond donors (Lipinski definition) is 0. The molecule has 0 aliphatic rings. The molecule has 0 radical (unpaired) electrons. The van der Waals surface area contributed by atoms with Gasteiger partial charge in [-0.15, -0.1) is 0 Å². The molecule has 0 aromatic rings. The van der Waals surface area contributed by atoms with Crippen molar-refractivity contribution >= 4 is 10.1 Å². The van der Waals surface area contributed by atoms with Crippen LogP contribution < -0.4 is 29.6 Å². The topological polar surface area (TPSA) is 43.4 Å². The molecule has 0 bridgehead atoms. The Kier molecular flexibility index (Phi) is 5.93. The van der Waals surface area contributed by atoms with Crippen LogP contribution in [0.1, 0.15) is 1.43 Å². The van der Waals surface area contributed by atoms with E-state index in [1.165, 1.54) is 0 Å². The van der Waals surface area contributed by atoms with Crippen LogP contribution in [0.25, 0.3) is 0 Å². The molecule has 9 heteroatoms. The summed E-state index contributed by atoms with van der Waals surface area (Å²) in [5.74, 6) is -2.31. The quantitative estimate of drug-likeness (QED) is 0.384. The van der Waals surface area contributed by atoms with Crippen molar-refractivity contribution in [3.8, 4) is 0 Å². The van der Waals surface area contributed by atoms with Crippen LogP contribution in [-0.2, 0) is 14.5 Å². The Labute approximate surface area is 83.5 Å². The van der Waals surface area contributed by atoms with E-state index in [0.29, 0.717) is 0 Å². The summed E-state index contributed by atoms with van der Waals surface area (Å²) in [5.41, 5.74) is 0. The number of alkyl halides is 3. The molecule has 0 rings (SSSR count). The van der Waals surface area contributed by atoms with E-state index in [2.05, 4.69) is 4.39 Å². The molecule has 64 valence electrons. The first-order chi connectivity index (χ1) is 4.27. The van der Waals surface area contributed by atoms with Gasteiger partial charge in [0.15, 0.2) is 5.75 Å². The molecule has 0 aromatic heterocycles. The Morgan fingerprint density at radius 2 is 1.73 bits per heavy atom. The molecule has 0 heterocycles. The third-order valence-corrected chi connectivity index (χ3v) is 1.31. The summed E-state index contributed by atoms with van der Waals surface area (Å²) in [5, 5.41) is 0. The zero-order chi connectivity index (χ0) is 8.41. The minimum absolute atomic E-state index is 0. The molecule has 0 fully saturated rings. The van der Waals surface area contributed by atoms with Crippen LogP contribution in [-0.4, -0.2) is 20.3 Å². The average molecular weight is 206 g/mol. The first-order valence-corrected chi connectivity index (χ1v) is 3.44. The molecule has 0 unspecified atom stereocenters. The predicted molar refractivity (Wildman–Crippen MR) is 23.1 cm³/mol. The Hall–Kier alpha value is 0.630. The zero-order valence-corrected chi connectivity index (χ0v) is 8.17. The average Bonchev–Trinajstić information content (AvgIpc) is 1.60. The molecule has 0 atom stereocenters. The molecule has 0 aliphatic heterocycles. The fourth-order valence-corrected chi connectivity index (χ4v) is 0.668. The summed E-state index contributed by atoms with van der Waals surface area (Å²) in [6.45, 7) is 0. The summed E-state index contributed by atoms with van der Waals surface area (Å²) >= 11 is 0. The van der Waals surface area contributed by atoms with E-state index in [-0.39, 0.29) is 31.0 Å². The molecule has 0 N–H and O–H groups in total. The van der Waals surface area contributed by atoms with E-state index in [9.17, 15) is 26.1 Å². The zero-order valence-electron chi connectivity index (χ0n) is 6.35. The summed E-state index contributed by atoms with van der Waals surface area (Å²) in [6, 6.07) is 0. The Balaban J connectivity index is -0.000000405. The normalized spacial score (nSPS) is 12.4. The van der Waals surface area contributed by atoms with Crippen LogP contribution in [0.4, 0.5) is 17.7 Å². The second-order valence-electron chi connectivity index (χ2n) is 1.38. The molecule has 3 nitrogen and oxygen atoms in total. The molecule has 0 saturated heterocycles. The van der Waals surface area contributed by atoms with Crippen molar-refractivity contribution in [3.63, 3.8) is 0 Å². The Bertz CT molecular complexity index is 201. The maximum absolute atomic E-state index is 11.1. The predicted octanol–water partition coefficient (Wildman–Crippen LogP) is -2.10. The van der Waals surface area contributed by atoms with E-state index < -0.39 is 22.0 Å². The second kappa shape index (κ2) is 4.61. The smallest absolute Gasteiger partial charge is 1.00 e. The van der Waals surface area contributed by atoms with Crippen LogP contribution in [0.5, 0.6) is 0 Å². The Morgan fingerprint density at radius 3 is 1.82 bits per heavy atom. The maximum Gasteiger partial charge on any atom is 1.00 e. The molecule has 0 spiro atoms. The van der Waals surface area contributed by atoms with Gasteiger partial charge in [-0.2, -0.15) is 21.6 Å². The van der Waals surface area contributed by atoms with Crippen LogP contribution in [0.3, 0.4) is 0 Å². The largest absolute Gasteiger partial charge is 1.00 e. The monoisotopic (exact) mass is 206 g/mol. The second-order valence-corrected chi connectivity index (χ2v) is 2.91. The van der Waals surface area contributed by atoms with Gasteiger partial charge in [0.1, 0.15) is 0 Å². The van der Waals surface area contributed by atoms with Crippen molar-refractivity contribution in [2.24, 2.45) is 0 Å². The fraction of sp³-hybridized carbons (Fsp3) is 1.00. The number of rotatable bonds is 2. The molecule has 11 heavy (non-hydrogen) atoms. The van der Waals surface area contributed by atoms with Gasteiger partial charge >= 0.3 is 45.9 Å². The molecular weight excluding hydrogens is 203 g/mol. The summed E-state index contributed by atoms with van der Waals surface area (Å²) in [7, 11) is -5.07.